The maximum Gasteiger partial charge on any atom is 0.328 e. The third kappa shape index (κ3) is 4.15. The SMILES string of the molecule is COCC(C)CNC(=O)N1CCOCC1C(=O)O. The number of hydrogen-bond donors (Lipinski definition) is 2. The summed E-state index contributed by atoms with van der Waals surface area (Å²) >= 11 is 0. The molecule has 2 N–H and O–H groups in total. The standard InChI is InChI=1S/C11H20N2O5/c1-8(6-17-2)5-12-11(16)13-3-4-18-7-9(13)10(14)15/h8-9H,3-7H2,1-2H3,(H,12,16)(H,14,15). The molecule has 1 aliphatic rings. The van der Waals surface area contributed by atoms with Crippen LogP contribution in [0.4, 0.5) is 4.79 Å². The summed E-state index contributed by atoms with van der Waals surface area (Å²) in [5.74, 6) is -0.863. The first-order valence-electron chi connectivity index (χ1n) is 5.90. The van der Waals surface area contributed by atoms with Crippen molar-refractivity contribution in [3.63, 3.8) is 0 Å². The fourth-order valence-electron chi connectivity index (χ4n) is 1.76. The van der Waals surface area contributed by atoms with Crippen molar-refractivity contribution in [2.24, 2.45) is 5.92 Å². The molecule has 0 saturated carbocycles. The number of urea groups is 1. The number of carbonyl (C=O) groups is 2. The molecule has 1 heterocycles. The highest BCUT2D eigenvalue weighted by atomic mass is 16.5. The van der Waals surface area contributed by atoms with Gasteiger partial charge >= 0.3 is 12.0 Å². The monoisotopic (exact) mass is 260 g/mol. The molecule has 1 fully saturated rings. The highest BCUT2D eigenvalue weighted by molar-refractivity contribution is 5.83. The van der Waals surface area contributed by atoms with E-state index in [1.54, 1.807) is 7.11 Å². The van der Waals surface area contributed by atoms with Gasteiger partial charge in [-0.05, 0) is 5.92 Å². The van der Waals surface area contributed by atoms with E-state index in [-0.39, 0.29) is 18.6 Å². The molecule has 1 aliphatic heterocycles. The first-order valence-corrected chi connectivity index (χ1v) is 5.90. The number of carboxylic acid groups (broad SMARTS) is 1. The van der Waals surface area contributed by atoms with E-state index >= 15 is 0 Å². The van der Waals surface area contributed by atoms with E-state index in [1.807, 2.05) is 6.92 Å². The zero-order chi connectivity index (χ0) is 13.5. The van der Waals surface area contributed by atoms with Crippen molar-refractivity contribution in [1.29, 1.82) is 0 Å². The molecule has 0 radical (unpaired) electrons. The Hall–Kier alpha value is -1.34. The molecule has 1 rings (SSSR count). The van der Waals surface area contributed by atoms with Crippen molar-refractivity contribution in [2.75, 3.05) is 40.0 Å². The summed E-state index contributed by atoms with van der Waals surface area (Å²) in [4.78, 5) is 24.2. The summed E-state index contributed by atoms with van der Waals surface area (Å²) in [5, 5.41) is 11.7. The zero-order valence-corrected chi connectivity index (χ0v) is 10.7. The van der Waals surface area contributed by atoms with Gasteiger partial charge in [-0.1, -0.05) is 6.92 Å². The van der Waals surface area contributed by atoms with Crippen LogP contribution < -0.4 is 5.32 Å². The van der Waals surface area contributed by atoms with E-state index in [4.69, 9.17) is 14.6 Å². The molecular formula is C11H20N2O5. The van der Waals surface area contributed by atoms with Crippen LogP contribution in [0.25, 0.3) is 0 Å². The van der Waals surface area contributed by atoms with Crippen molar-refractivity contribution in [2.45, 2.75) is 13.0 Å². The molecule has 0 aliphatic carbocycles. The van der Waals surface area contributed by atoms with Gasteiger partial charge in [-0.3, -0.25) is 0 Å². The van der Waals surface area contributed by atoms with E-state index in [2.05, 4.69) is 5.32 Å². The second-order valence-electron chi connectivity index (χ2n) is 4.37. The summed E-state index contributed by atoms with van der Waals surface area (Å²) in [6, 6.07) is -1.27. The van der Waals surface area contributed by atoms with Crippen molar-refractivity contribution < 1.29 is 24.2 Å². The molecule has 0 aromatic carbocycles. The maximum absolute atomic E-state index is 11.9. The fraction of sp³-hybridized carbons (Fsp3) is 0.818. The summed E-state index contributed by atoms with van der Waals surface area (Å²) in [7, 11) is 1.60. The first-order chi connectivity index (χ1) is 8.56. The van der Waals surface area contributed by atoms with Crippen molar-refractivity contribution >= 4 is 12.0 Å². The minimum atomic E-state index is -1.05. The lowest BCUT2D eigenvalue weighted by Crippen LogP contribution is -2.56. The highest BCUT2D eigenvalue weighted by Gasteiger charge is 2.32. The van der Waals surface area contributed by atoms with Crippen molar-refractivity contribution in [3.05, 3.63) is 0 Å². The molecule has 104 valence electrons. The number of rotatable bonds is 5. The van der Waals surface area contributed by atoms with Gasteiger partial charge in [0, 0.05) is 20.2 Å². The van der Waals surface area contributed by atoms with Gasteiger partial charge in [-0.15, -0.1) is 0 Å². The van der Waals surface area contributed by atoms with Gasteiger partial charge in [0.25, 0.3) is 0 Å². The average Bonchev–Trinajstić information content (AvgIpc) is 2.36. The number of carbonyl (C=O) groups excluding carboxylic acids is 1. The second kappa shape index (κ2) is 7.17. The van der Waals surface area contributed by atoms with Crippen LogP contribution in [-0.4, -0.2) is 68.1 Å². The Morgan fingerprint density at radius 3 is 2.94 bits per heavy atom. The number of aliphatic carboxylic acids is 1. The second-order valence-corrected chi connectivity index (χ2v) is 4.37. The van der Waals surface area contributed by atoms with Gasteiger partial charge in [0.15, 0.2) is 6.04 Å². The van der Waals surface area contributed by atoms with Gasteiger partial charge in [-0.2, -0.15) is 0 Å². The lowest BCUT2D eigenvalue weighted by Gasteiger charge is -2.33. The van der Waals surface area contributed by atoms with Crippen molar-refractivity contribution in [3.8, 4) is 0 Å². The van der Waals surface area contributed by atoms with Crippen LogP contribution in [0.15, 0.2) is 0 Å². The van der Waals surface area contributed by atoms with Crippen LogP contribution in [0.2, 0.25) is 0 Å². The number of ether oxygens (including phenoxy) is 2. The summed E-state index contributed by atoms with van der Waals surface area (Å²) < 4.78 is 10.0. The third-order valence-electron chi connectivity index (χ3n) is 2.73. The number of nitrogens with one attached hydrogen (secondary N) is 1. The Balaban J connectivity index is 2.45. The molecule has 0 aromatic heterocycles. The maximum atomic E-state index is 11.9. The Labute approximate surface area is 106 Å². The lowest BCUT2D eigenvalue weighted by atomic mass is 10.2. The molecule has 7 heteroatoms. The number of nitrogens with zero attached hydrogens (tertiary/aromatic N) is 1. The molecule has 0 spiro atoms. The van der Waals surface area contributed by atoms with Crippen LogP contribution in [0.5, 0.6) is 0 Å². The molecule has 0 bridgehead atoms. The summed E-state index contributed by atoms with van der Waals surface area (Å²) in [6.45, 7) is 3.64. The first kappa shape index (κ1) is 14.7. The van der Waals surface area contributed by atoms with E-state index < -0.39 is 12.0 Å². The molecule has 0 aromatic rings. The smallest absolute Gasteiger partial charge is 0.328 e. The molecule has 2 amide bonds. The predicted molar refractivity (Wildman–Crippen MR) is 63.4 cm³/mol. The van der Waals surface area contributed by atoms with Crippen LogP contribution >= 0.6 is 0 Å². The Morgan fingerprint density at radius 1 is 1.61 bits per heavy atom. The van der Waals surface area contributed by atoms with Crippen LogP contribution in [0, 0.1) is 5.92 Å². The lowest BCUT2D eigenvalue weighted by molar-refractivity contribution is -0.147. The van der Waals surface area contributed by atoms with Crippen molar-refractivity contribution in [1.82, 2.24) is 10.2 Å². The number of morpholine rings is 1. The van der Waals surface area contributed by atoms with Gasteiger partial charge in [0.1, 0.15) is 0 Å². The Bertz CT molecular complexity index is 297. The minimum Gasteiger partial charge on any atom is -0.480 e. The van der Waals surface area contributed by atoms with Gasteiger partial charge in [0.2, 0.25) is 0 Å². The molecule has 18 heavy (non-hydrogen) atoms. The summed E-state index contributed by atoms with van der Waals surface area (Å²) in [6.07, 6.45) is 0. The number of methoxy groups -OCH3 is 1. The van der Waals surface area contributed by atoms with E-state index in [0.717, 1.165) is 0 Å². The van der Waals surface area contributed by atoms with E-state index in [1.165, 1.54) is 4.90 Å². The quantitative estimate of drug-likeness (QED) is 0.712. The van der Waals surface area contributed by atoms with Gasteiger partial charge < -0.3 is 24.8 Å². The van der Waals surface area contributed by atoms with Crippen LogP contribution in [0.1, 0.15) is 6.92 Å². The number of amides is 2. The molecule has 2 unspecified atom stereocenters. The molecule has 7 nitrogen and oxygen atoms in total. The Kier molecular flexibility index (Phi) is 5.87. The zero-order valence-electron chi connectivity index (χ0n) is 10.7. The van der Waals surface area contributed by atoms with Crippen LogP contribution in [0.3, 0.4) is 0 Å². The third-order valence-corrected chi connectivity index (χ3v) is 2.73. The minimum absolute atomic E-state index is 0.0381. The molecular weight excluding hydrogens is 240 g/mol. The van der Waals surface area contributed by atoms with E-state index in [0.29, 0.717) is 26.3 Å². The molecule has 1 saturated heterocycles. The summed E-state index contributed by atoms with van der Waals surface area (Å²) in [5.41, 5.74) is 0. The topological polar surface area (TPSA) is 88.1 Å². The normalized spacial score (nSPS) is 21.4. The average molecular weight is 260 g/mol. The highest BCUT2D eigenvalue weighted by Crippen LogP contribution is 2.07. The largest absolute Gasteiger partial charge is 0.480 e. The molecule has 2 atom stereocenters. The van der Waals surface area contributed by atoms with Gasteiger partial charge in [-0.25, -0.2) is 9.59 Å². The number of hydrogen-bond acceptors (Lipinski definition) is 4. The van der Waals surface area contributed by atoms with Gasteiger partial charge in [0.05, 0.1) is 19.8 Å². The van der Waals surface area contributed by atoms with Crippen LogP contribution in [-0.2, 0) is 14.3 Å². The Morgan fingerprint density at radius 2 is 2.33 bits per heavy atom. The number of carboxylic acids is 1. The predicted octanol–water partition coefficient (Wildman–Crippen LogP) is -0.236. The fourth-order valence-corrected chi connectivity index (χ4v) is 1.76. The van der Waals surface area contributed by atoms with E-state index in [9.17, 15) is 9.59 Å².